The minimum absolute atomic E-state index is 0.241. The molecule has 1 heterocycles. The van der Waals surface area contributed by atoms with Crippen LogP contribution < -0.4 is 5.32 Å². The summed E-state index contributed by atoms with van der Waals surface area (Å²) in [4.78, 5) is 22.9. The summed E-state index contributed by atoms with van der Waals surface area (Å²) in [7, 11) is 1.28. The Labute approximate surface area is 121 Å². The van der Waals surface area contributed by atoms with E-state index in [0.29, 0.717) is 5.56 Å². The molecule has 1 aromatic carbocycles. The van der Waals surface area contributed by atoms with Crippen molar-refractivity contribution in [3.05, 3.63) is 36.0 Å². The topological polar surface area (TPSA) is 84.1 Å². The molecular formula is C15H15N3O3. The lowest BCUT2D eigenvalue weighted by atomic mass is 10.2. The fourth-order valence-corrected chi connectivity index (χ4v) is 2.18. The second kappa shape index (κ2) is 6.09. The molecule has 0 fully saturated rings. The van der Waals surface area contributed by atoms with Crippen LogP contribution in [-0.2, 0) is 20.9 Å². The summed E-state index contributed by atoms with van der Waals surface area (Å²) in [6, 6.07) is 8.52. The number of fused-ring (bicyclic) bond motifs is 1. The minimum Gasteiger partial charge on any atom is -0.467 e. The molecule has 1 N–H and O–H groups in total. The summed E-state index contributed by atoms with van der Waals surface area (Å²) in [5.74, 6) is -0.817. The number of ether oxygens (including phenoxy) is 1. The van der Waals surface area contributed by atoms with E-state index in [1.165, 1.54) is 14.0 Å². The van der Waals surface area contributed by atoms with E-state index >= 15 is 0 Å². The summed E-state index contributed by atoms with van der Waals surface area (Å²) >= 11 is 0. The predicted octanol–water partition coefficient (Wildman–Crippen LogP) is 1.19. The largest absolute Gasteiger partial charge is 0.467 e. The number of rotatable bonds is 4. The smallest absolute Gasteiger partial charge is 0.330 e. The Morgan fingerprint density at radius 3 is 2.81 bits per heavy atom. The number of benzene rings is 1. The van der Waals surface area contributed by atoms with Gasteiger partial charge in [-0.25, -0.2) is 4.79 Å². The molecule has 0 radical (unpaired) electrons. The molecule has 6 heteroatoms. The van der Waals surface area contributed by atoms with Crippen molar-refractivity contribution in [1.29, 1.82) is 5.26 Å². The van der Waals surface area contributed by atoms with Gasteiger partial charge in [-0.15, -0.1) is 0 Å². The Hall–Kier alpha value is -2.81. The van der Waals surface area contributed by atoms with E-state index < -0.39 is 12.0 Å². The number of nitrogens with one attached hydrogen (secondary N) is 1. The molecule has 1 atom stereocenters. The summed E-state index contributed by atoms with van der Waals surface area (Å²) in [5.41, 5.74) is 1.37. The first-order valence-electron chi connectivity index (χ1n) is 6.39. The highest BCUT2D eigenvalue weighted by atomic mass is 16.5. The molecule has 0 bridgehead atoms. The lowest BCUT2D eigenvalue weighted by molar-refractivity contribution is -0.145. The number of amides is 1. The first-order valence-corrected chi connectivity index (χ1v) is 6.39. The third-order valence-electron chi connectivity index (χ3n) is 3.15. The highest BCUT2D eigenvalue weighted by Gasteiger charge is 2.21. The molecule has 1 amide bonds. The van der Waals surface area contributed by atoms with E-state index in [0.717, 1.165) is 10.9 Å². The Balaban J connectivity index is 2.34. The van der Waals surface area contributed by atoms with Gasteiger partial charge in [0.15, 0.2) is 0 Å². The van der Waals surface area contributed by atoms with Gasteiger partial charge in [0.2, 0.25) is 5.91 Å². The van der Waals surface area contributed by atoms with E-state index in [2.05, 4.69) is 11.4 Å². The molecule has 108 valence electrons. The molecule has 21 heavy (non-hydrogen) atoms. The quantitative estimate of drug-likeness (QED) is 0.855. The van der Waals surface area contributed by atoms with E-state index in [4.69, 9.17) is 10.00 Å². The van der Waals surface area contributed by atoms with Crippen molar-refractivity contribution in [2.75, 3.05) is 7.11 Å². The van der Waals surface area contributed by atoms with Crippen LogP contribution in [0.25, 0.3) is 10.9 Å². The van der Waals surface area contributed by atoms with Gasteiger partial charge in [0.1, 0.15) is 6.04 Å². The molecule has 0 saturated heterocycles. The zero-order valence-corrected chi connectivity index (χ0v) is 11.8. The number of carbonyl (C=O) groups is 2. The van der Waals surface area contributed by atoms with Gasteiger partial charge >= 0.3 is 5.97 Å². The zero-order chi connectivity index (χ0) is 15.4. The molecule has 2 aromatic rings. The van der Waals surface area contributed by atoms with Crippen molar-refractivity contribution in [2.24, 2.45) is 0 Å². The lowest BCUT2D eigenvalue weighted by Crippen LogP contribution is -2.43. The van der Waals surface area contributed by atoms with Crippen molar-refractivity contribution in [2.45, 2.75) is 19.5 Å². The normalized spacial score (nSPS) is 11.7. The van der Waals surface area contributed by atoms with Gasteiger partial charge in [-0.3, -0.25) is 4.79 Å². The van der Waals surface area contributed by atoms with Crippen molar-refractivity contribution < 1.29 is 14.3 Å². The van der Waals surface area contributed by atoms with Gasteiger partial charge in [-0.2, -0.15) is 5.26 Å². The average Bonchev–Trinajstić information content (AvgIpc) is 2.87. The molecule has 0 aliphatic heterocycles. The van der Waals surface area contributed by atoms with Crippen LogP contribution in [-0.4, -0.2) is 29.6 Å². The SMILES string of the molecule is COC(=O)C(Cn1ccc2ccc(C#N)cc21)NC(C)=O. The number of aromatic nitrogens is 1. The fourth-order valence-electron chi connectivity index (χ4n) is 2.18. The number of esters is 1. The van der Waals surface area contributed by atoms with E-state index in [9.17, 15) is 9.59 Å². The molecule has 1 unspecified atom stereocenters. The van der Waals surface area contributed by atoms with E-state index in [1.807, 2.05) is 22.9 Å². The molecule has 0 saturated carbocycles. The van der Waals surface area contributed by atoms with Gasteiger partial charge in [0, 0.05) is 18.6 Å². The summed E-state index contributed by atoms with van der Waals surface area (Å²) in [5, 5.41) is 12.5. The minimum atomic E-state index is -0.770. The van der Waals surface area contributed by atoms with Crippen LogP contribution in [0.5, 0.6) is 0 Å². The molecular weight excluding hydrogens is 270 g/mol. The van der Waals surface area contributed by atoms with Crippen LogP contribution in [0.1, 0.15) is 12.5 Å². The lowest BCUT2D eigenvalue weighted by Gasteiger charge is -2.17. The summed E-state index contributed by atoms with van der Waals surface area (Å²) in [6.45, 7) is 1.59. The molecule has 1 aromatic heterocycles. The fraction of sp³-hybridized carbons (Fsp3) is 0.267. The number of hydrogen-bond acceptors (Lipinski definition) is 4. The van der Waals surface area contributed by atoms with Crippen molar-refractivity contribution >= 4 is 22.8 Å². The number of carbonyl (C=O) groups excluding carboxylic acids is 2. The number of nitrogens with zero attached hydrogens (tertiary/aromatic N) is 2. The van der Waals surface area contributed by atoms with Gasteiger partial charge in [-0.1, -0.05) is 6.07 Å². The number of nitriles is 1. The van der Waals surface area contributed by atoms with Crippen molar-refractivity contribution in [3.8, 4) is 6.07 Å². The van der Waals surface area contributed by atoms with Crippen LogP contribution in [0, 0.1) is 11.3 Å². The Kier molecular flexibility index (Phi) is 4.24. The first-order chi connectivity index (χ1) is 10.0. The van der Waals surface area contributed by atoms with Crippen LogP contribution >= 0.6 is 0 Å². The molecule has 6 nitrogen and oxygen atoms in total. The van der Waals surface area contributed by atoms with E-state index in [1.54, 1.807) is 12.1 Å². The first kappa shape index (κ1) is 14.6. The van der Waals surface area contributed by atoms with Crippen molar-refractivity contribution in [3.63, 3.8) is 0 Å². The second-order valence-corrected chi connectivity index (χ2v) is 4.63. The van der Waals surface area contributed by atoms with Gasteiger partial charge < -0.3 is 14.6 Å². The van der Waals surface area contributed by atoms with Crippen molar-refractivity contribution in [1.82, 2.24) is 9.88 Å². The van der Waals surface area contributed by atoms with Crippen LogP contribution in [0.2, 0.25) is 0 Å². The third-order valence-corrected chi connectivity index (χ3v) is 3.15. The maximum Gasteiger partial charge on any atom is 0.330 e. The standard InChI is InChI=1S/C15H15N3O3/c1-10(19)17-13(15(20)21-2)9-18-6-5-12-4-3-11(8-16)7-14(12)18/h3-7,13H,9H2,1-2H3,(H,17,19). The highest BCUT2D eigenvalue weighted by Crippen LogP contribution is 2.18. The van der Waals surface area contributed by atoms with Crippen LogP contribution in [0.4, 0.5) is 0 Å². The number of hydrogen-bond donors (Lipinski definition) is 1. The summed E-state index contributed by atoms with van der Waals surface area (Å²) in [6.07, 6.45) is 1.81. The van der Waals surface area contributed by atoms with Gasteiger partial charge in [-0.05, 0) is 23.6 Å². The average molecular weight is 285 g/mol. The monoisotopic (exact) mass is 285 g/mol. The summed E-state index contributed by atoms with van der Waals surface area (Å²) < 4.78 is 6.51. The Morgan fingerprint density at radius 1 is 1.43 bits per heavy atom. The Morgan fingerprint density at radius 2 is 2.19 bits per heavy atom. The Bertz CT molecular complexity index is 727. The predicted molar refractivity (Wildman–Crippen MR) is 76.3 cm³/mol. The van der Waals surface area contributed by atoms with E-state index in [-0.39, 0.29) is 12.5 Å². The molecule has 0 spiro atoms. The maximum atomic E-state index is 11.7. The maximum absolute atomic E-state index is 11.7. The third kappa shape index (κ3) is 3.20. The second-order valence-electron chi connectivity index (χ2n) is 4.63. The zero-order valence-electron chi connectivity index (χ0n) is 11.8. The van der Waals surface area contributed by atoms with Crippen LogP contribution in [0.3, 0.4) is 0 Å². The van der Waals surface area contributed by atoms with Gasteiger partial charge in [0.25, 0.3) is 0 Å². The highest BCUT2D eigenvalue weighted by molar-refractivity contribution is 5.84. The number of methoxy groups -OCH3 is 1. The van der Waals surface area contributed by atoms with Crippen LogP contribution in [0.15, 0.2) is 30.5 Å². The molecule has 0 aliphatic carbocycles. The van der Waals surface area contributed by atoms with Gasteiger partial charge in [0.05, 0.1) is 25.3 Å². The molecule has 0 aliphatic rings. The molecule has 2 rings (SSSR count).